The van der Waals surface area contributed by atoms with Gasteiger partial charge < -0.3 is 20.1 Å². The molecule has 0 atom stereocenters. The normalized spacial score (nSPS) is 10.3. The Labute approximate surface area is 193 Å². The Bertz CT molecular complexity index is 458. The van der Waals surface area contributed by atoms with E-state index >= 15 is 0 Å². The molecular weight excluding hydrogens is 420 g/mol. The van der Waals surface area contributed by atoms with Crippen LogP contribution in [0, 0.1) is 0 Å². The Morgan fingerprint density at radius 3 is 1.37 bits per heavy atom. The molecule has 0 amide bonds. The molecule has 0 aromatic rings. The summed E-state index contributed by atoms with van der Waals surface area (Å²) in [6, 6.07) is 0. The average molecular weight is 461 g/mol. The van der Waals surface area contributed by atoms with Crippen LogP contribution >= 0.6 is 24.4 Å². The quantitative estimate of drug-likeness (QED) is 0.174. The van der Waals surface area contributed by atoms with E-state index in [1.54, 1.807) is 0 Å². The molecule has 0 heterocycles. The van der Waals surface area contributed by atoms with Crippen molar-refractivity contribution in [1.29, 1.82) is 0 Å². The third-order valence-electron chi connectivity index (χ3n) is 4.48. The molecular formula is C22H40N2O4S2. The summed E-state index contributed by atoms with van der Waals surface area (Å²) in [5, 5.41) is 5.92. The van der Waals surface area contributed by atoms with Gasteiger partial charge in [0, 0.05) is 25.9 Å². The van der Waals surface area contributed by atoms with Crippen molar-refractivity contribution in [3.8, 4) is 0 Å². The second-order valence-electron chi connectivity index (χ2n) is 7.28. The fourth-order valence-corrected chi connectivity index (χ4v) is 3.06. The average Bonchev–Trinajstić information content (AvgIpc) is 2.73. The molecule has 0 fully saturated rings. The largest absolute Gasteiger partial charge is 0.464 e. The Balaban J connectivity index is 3.60. The molecule has 0 rings (SSSR count). The molecule has 0 aromatic heterocycles. The minimum Gasteiger partial charge on any atom is -0.464 e. The maximum Gasteiger partial charge on any atom is 0.305 e. The highest BCUT2D eigenvalue weighted by molar-refractivity contribution is 7.89. The van der Waals surface area contributed by atoms with Crippen molar-refractivity contribution in [3.63, 3.8) is 0 Å². The SMILES string of the molecule is CCCCCCCC(=O)OCCNC(=S)C(=S)NCCOC(=O)CCCCCCC. The van der Waals surface area contributed by atoms with Crippen molar-refractivity contribution < 1.29 is 19.1 Å². The molecule has 0 aliphatic carbocycles. The van der Waals surface area contributed by atoms with Gasteiger partial charge in [-0.2, -0.15) is 0 Å². The van der Waals surface area contributed by atoms with Crippen molar-refractivity contribution in [3.05, 3.63) is 0 Å². The highest BCUT2D eigenvalue weighted by Crippen LogP contribution is 2.06. The predicted molar refractivity (Wildman–Crippen MR) is 130 cm³/mol. The second kappa shape index (κ2) is 21.0. The van der Waals surface area contributed by atoms with Crippen molar-refractivity contribution in [2.24, 2.45) is 0 Å². The molecule has 0 saturated heterocycles. The highest BCUT2D eigenvalue weighted by Gasteiger charge is 2.07. The number of hydrogen-bond donors (Lipinski definition) is 2. The lowest BCUT2D eigenvalue weighted by molar-refractivity contribution is -0.144. The first kappa shape index (κ1) is 28.7. The Morgan fingerprint density at radius 2 is 1.00 bits per heavy atom. The topological polar surface area (TPSA) is 76.7 Å². The van der Waals surface area contributed by atoms with Crippen LogP contribution in [-0.4, -0.2) is 48.2 Å². The van der Waals surface area contributed by atoms with Gasteiger partial charge in [-0.3, -0.25) is 9.59 Å². The van der Waals surface area contributed by atoms with Gasteiger partial charge in [-0.15, -0.1) is 0 Å². The summed E-state index contributed by atoms with van der Waals surface area (Å²) >= 11 is 10.4. The monoisotopic (exact) mass is 460 g/mol. The van der Waals surface area contributed by atoms with Crippen LogP contribution in [0.2, 0.25) is 0 Å². The molecule has 30 heavy (non-hydrogen) atoms. The lowest BCUT2D eigenvalue weighted by Gasteiger charge is -2.12. The molecule has 0 unspecified atom stereocenters. The van der Waals surface area contributed by atoms with E-state index in [1.165, 1.54) is 38.5 Å². The van der Waals surface area contributed by atoms with Crippen molar-refractivity contribution in [2.45, 2.75) is 90.9 Å². The molecule has 6 nitrogen and oxygen atoms in total. The summed E-state index contributed by atoms with van der Waals surface area (Å²) in [6.07, 6.45) is 12.0. The van der Waals surface area contributed by atoms with Crippen molar-refractivity contribution >= 4 is 46.4 Å². The molecule has 8 heteroatoms. The number of carbonyl (C=O) groups excluding carboxylic acids is 2. The summed E-state index contributed by atoms with van der Waals surface area (Å²) < 4.78 is 10.4. The molecule has 0 aromatic carbocycles. The van der Waals surface area contributed by atoms with Crippen LogP contribution in [0.3, 0.4) is 0 Å². The minimum atomic E-state index is -0.174. The van der Waals surface area contributed by atoms with E-state index in [0.29, 0.717) is 35.9 Å². The highest BCUT2D eigenvalue weighted by atomic mass is 32.1. The zero-order chi connectivity index (χ0) is 22.5. The number of ether oxygens (including phenoxy) is 2. The van der Waals surface area contributed by atoms with Crippen molar-refractivity contribution in [2.75, 3.05) is 26.3 Å². The summed E-state index contributed by atoms with van der Waals surface area (Å²) in [5.74, 6) is -0.348. The van der Waals surface area contributed by atoms with E-state index in [4.69, 9.17) is 33.9 Å². The minimum absolute atomic E-state index is 0.174. The number of rotatable bonds is 18. The van der Waals surface area contributed by atoms with Gasteiger partial charge in [-0.1, -0.05) is 89.6 Å². The van der Waals surface area contributed by atoms with Crippen LogP contribution in [0.25, 0.3) is 0 Å². The molecule has 0 saturated carbocycles. The summed E-state index contributed by atoms with van der Waals surface area (Å²) in [5.41, 5.74) is 0. The number of nitrogens with one attached hydrogen (secondary N) is 2. The van der Waals surface area contributed by atoms with Crippen LogP contribution in [0.5, 0.6) is 0 Å². The second-order valence-corrected chi connectivity index (χ2v) is 8.10. The number of hydrogen-bond acceptors (Lipinski definition) is 6. The van der Waals surface area contributed by atoms with Gasteiger partial charge in [0.05, 0.1) is 0 Å². The van der Waals surface area contributed by atoms with Gasteiger partial charge in [0.2, 0.25) is 0 Å². The van der Waals surface area contributed by atoms with E-state index in [9.17, 15) is 9.59 Å². The van der Waals surface area contributed by atoms with Crippen LogP contribution < -0.4 is 10.6 Å². The van der Waals surface area contributed by atoms with Crippen LogP contribution in [0.4, 0.5) is 0 Å². The summed E-state index contributed by atoms with van der Waals surface area (Å²) in [4.78, 5) is 24.1. The maximum atomic E-state index is 11.6. The van der Waals surface area contributed by atoms with E-state index in [2.05, 4.69) is 24.5 Å². The number of esters is 2. The zero-order valence-electron chi connectivity index (χ0n) is 18.8. The van der Waals surface area contributed by atoms with E-state index in [-0.39, 0.29) is 25.2 Å². The smallest absolute Gasteiger partial charge is 0.305 e. The van der Waals surface area contributed by atoms with Crippen molar-refractivity contribution in [1.82, 2.24) is 10.6 Å². The molecule has 0 aliphatic rings. The van der Waals surface area contributed by atoms with Gasteiger partial charge in [0.15, 0.2) is 0 Å². The molecule has 0 radical (unpaired) electrons. The number of carbonyl (C=O) groups is 2. The van der Waals surface area contributed by atoms with Gasteiger partial charge in [0.1, 0.15) is 23.2 Å². The molecule has 0 spiro atoms. The third kappa shape index (κ3) is 18.7. The molecule has 2 N–H and O–H groups in total. The first-order valence-corrected chi connectivity index (χ1v) is 12.2. The molecule has 0 bridgehead atoms. The first-order valence-electron chi connectivity index (χ1n) is 11.4. The van der Waals surface area contributed by atoms with E-state index in [1.807, 2.05) is 0 Å². The first-order chi connectivity index (χ1) is 14.5. The Kier molecular flexibility index (Phi) is 20.1. The predicted octanol–water partition coefficient (Wildman–Crippen LogP) is 4.63. The number of unbranched alkanes of at least 4 members (excludes halogenated alkanes) is 8. The van der Waals surface area contributed by atoms with Gasteiger partial charge in [-0.05, 0) is 12.8 Å². The number of thiocarbonyl (C=S) groups is 2. The maximum absolute atomic E-state index is 11.6. The lowest BCUT2D eigenvalue weighted by Crippen LogP contribution is -2.40. The fraction of sp³-hybridized carbons (Fsp3) is 0.818. The molecule has 174 valence electrons. The van der Waals surface area contributed by atoms with Crippen LogP contribution in [-0.2, 0) is 19.1 Å². The third-order valence-corrected chi connectivity index (χ3v) is 5.30. The Morgan fingerprint density at radius 1 is 0.633 bits per heavy atom. The Hall–Kier alpha value is -1.28. The summed E-state index contributed by atoms with van der Waals surface area (Å²) in [6.45, 7) is 5.67. The standard InChI is InChI=1S/C22H40N2O4S2/c1-3-5-7-9-11-13-19(25)27-17-15-23-21(29)22(30)24-16-18-28-20(26)14-12-10-8-6-4-2/h3-18H2,1-2H3,(H,23,29)(H,24,30). The zero-order valence-corrected chi connectivity index (χ0v) is 20.4. The van der Waals surface area contributed by atoms with Crippen LogP contribution in [0.1, 0.15) is 90.9 Å². The van der Waals surface area contributed by atoms with Gasteiger partial charge in [-0.25, -0.2) is 0 Å². The van der Waals surface area contributed by atoms with E-state index < -0.39 is 0 Å². The molecule has 0 aliphatic heterocycles. The van der Waals surface area contributed by atoms with Crippen LogP contribution in [0.15, 0.2) is 0 Å². The summed E-state index contributed by atoms with van der Waals surface area (Å²) in [7, 11) is 0. The van der Waals surface area contributed by atoms with E-state index in [0.717, 1.165) is 25.7 Å². The lowest BCUT2D eigenvalue weighted by atomic mass is 10.1. The fourth-order valence-electron chi connectivity index (χ4n) is 2.71. The van der Waals surface area contributed by atoms with Gasteiger partial charge >= 0.3 is 11.9 Å². The van der Waals surface area contributed by atoms with Gasteiger partial charge in [0.25, 0.3) is 0 Å².